The van der Waals surface area contributed by atoms with E-state index in [0.29, 0.717) is 32.2 Å². The Morgan fingerprint density at radius 1 is 0.886 bits per heavy atom. The first-order valence-electron chi connectivity index (χ1n) is 10.5. The first-order chi connectivity index (χ1) is 16.9. The van der Waals surface area contributed by atoms with Gasteiger partial charge >= 0.3 is 6.03 Å². The minimum atomic E-state index is -0.354. The summed E-state index contributed by atoms with van der Waals surface area (Å²) < 4.78 is 0. The second-order valence-corrected chi connectivity index (χ2v) is 10.5. The fourth-order valence-electron chi connectivity index (χ4n) is 3.02. The third kappa shape index (κ3) is 6.99. The summed E-state index contributed by atoms with van der Waals surface area (Å²) in [5.41, 5.74) is 2.90. The molecule has 0 aliphatic carbocycles. The molecule has 10 heteroatoms. The van der Waals surface area contributed by atoms with E-state index in [-0.39, 0.29) is 17.2 Å². The van der Waals surface area contributed by atoms with E-state index in [1.54, 1.807) is 24.3 Å². The summed E-state index contributed by atoms with van der Waals surface area (Å²) in [7, 11) is 0. The maximum atomic E-state index is 12.7. The maximum Gasteiger partial charge on any atom is 0.323 e. The lowest BCUT2D eigenvalue weighted by atomic mass is 10.2. The zero-order chi connectivity index (χ0) is 24.8. The Bertz CT molecular complexity index is 1330. The topological polar surface area (TPSA) is 83.1 Å². The van der Waals surface area contributed by atoms with Gasteiger partial charge in [0.25, 0.3) is 0 Å². The number of carbonyl (C=O) groups is 2. The number of para-hydroxylation sites is 1. The van der Waals surface area contributed by atoms with Crippen molar-refractivity contribution < 1.29 is 9.59 Å². The van der Waals surface area contributed by atoms with Gasteiger partial charge in [0, 0.05) is 27.2 Å². The smallest absolute Gasteiger partial charge is 0.308 e. The van der Waals surface area contributed by atoms with Gasteiger partial charge in [0.05, 0.1) is 21.0 Å². The van der Waals surface area contributed by atoms with Crippen LogP contribution in [-0.2, 0) is 4.79 Å². The largest absolute Gasteiger partial charge is 0.323 e. The molecule has 1 heterocycles. The van der Waals surface area contributed by atoms with Crippen LogP contribution in [0.2, 0.25) is 10.0 Å². The van der Waals surface area contributed by atoms with Crippen molar-refractivity contribution in [2.75, 3.05) is 16.0 Å². The Hall–Kier alpha value is -3.04. The van der Waals surface area contributed by atoms with E-state index in [4.69, 9.17) is 23.2 Å². The van der Waals surface area contributed by atoms with E-state index >= 15 is 0 Å². The van der Waals surface area contributed by atoms with Crippen molar-refractivity contribution in [1.29, 1.82) is 0 Å². The highest BCUT2D eigenvalue weighted by atomic mass is 35.5. The minimum absolute atomic E-state index is 0.158. The Morgan fingerprint density at radius 3 is 2.26 bits per heavy atom. The molecule has 35 heavy (non-hydrogen) atoms. The number of anilines is 3. The maximum absolute atomic E-state index is 12.7. The second kappa shape index (κ2) is 11.6. The standard InChI is InChI=1S/C25H20Cl2N4O2S2/c1-15(23(32)31-25-30-22(14-34-25)16-7-12-20(26)21(27)13-16)35-19-10-8-18(9-11-19)29-24(33)28-17-5-3-2-4-6-17/h2-15H,1H3,(H2,28,29,33)(H,30,31,32). The molecule has 3 aromatic carbocycles. The fraction of sp³-hybridized carbons (Fsp3) is 0.0800. The molecule has 0 aliphatic rings. The van der Waals surface area contributed by atoms with Gasteiger partial charge in [-0.25, -0.2) is 9.78 Å². The molecule has 0 fully saturated rings. The van der Waals surface area contributed by atoms with E-state index < -0.39 is 0 Å². The molecular weight excluding hydrogens is 523 g/mol. The van der Waals surface area contributed by atoms with Gasteiger partial charge < -0.3 is 16.0 Å². The lowest BCUT2D eigenvalue weighted by Gasteiger charge is -2.11. The van der Waals surface area contributed by atoms with Crippen molar-refractivity contribution in [3.8, 4) is 11.3 Å². The number of rotatable bonds is 7. The minimum Gasteiger partial charge on any atom is -0.308 e. The zero-order valence-corrected chi connectivity index (χ0v) is 21.6. The molecule has 3 N–H and O–H groups in total. The van der Waals surface area contributed by atoms with Crippen LogP contribution in [0.5, 0.6) is 0 Å². The fourth-order valence-corrected chi connectivity index (χ4v) is 4.90. The molecule has 1 unspecified atom stereocenters. The molecule has 0 aliphatic heterocycles. The number of thiazole rings is 1. The molecule has 4 rings (SSSR count). The van der Waals surface area contributed by atoms with Gasteiger partial charge in [-0.2, -0.15) is 0 Å². The van der Waals surface area contributed by atoms with Crippen molar-refractivity contribution in [2.24, 2.45) is 0 Å². The molecule has 3 amide bonds. The van der Waals surface area contributed by atoms with Crippen LogP contribution in [0, 0.1) is 0 Å². The molecule has 4 aromatic rings. The highest BCUT2D eigenvalue weighted by molar-refractivity contribution is 8.00. The Balaban J connectivity index is 1.29. The van der Waals surface area contributed by atoms with E-state index in [1.807, 2.05) is 60.8 Å². The molecule has 0 saturated carbocycles. The summed E-state index contributed by atoms with van der Waals surface area (Å²) >= 11 is 14.8. The zero-order valence-electron chi connectivity index (χ0n) is 18.4. The number of halogens is 2. The van der Waals surface area contributed by atoms with Gasteiger partial charge in [0.15, 0.2) is 5.13 Å². The summed E-state index contributed by atoms with van der Waals surface area (Å²) in [6, 6.07) is 21.5. The number of benzene rings is 3. The van der Waals surface area contributed by atoms with Gasteiger partial charge in [0.2, 0.25) is 5.91 Å². The van der Waals surface area contributed by atoms with Gasteiger partial charge in [-0.15, -0.1) is 23.1 Å². The third-order valence-electron chi connectivity index (χ3n) is 4.78. The first kappa shape index (κ1) is 25.1. The predicted molar refractivity (Wildman–Crippen MR) is 147 cm³/mol. The molecule has 0 bridgehead atoms. The van der Waals surface area contributed by atoms with Crippen LogP contribution in [-0.4, -0.2) is 22.2 Å². The molecular formula is C25H20Cl2N4O2S2. The normalized spacial score (nSPS) is 11.5. The molecule has 0 spiro atoms. The predicted octanol–water partition coefficient (Wildman–Crippen LogP) is 7.88. The third-order valence-corrected chi connectivity index (χ3v) is 7.38. The first-order valence-corrected chi connectivity index (χ1v) is 13.0. The molecule has 0 saturated heterocycles. The van der Waals surface area contributed by atoms with Crippen LogP contribution in [0.15, 0.2) is 83.1 Å². The second-order valence-electron chi connectivity index (χ2n) is 7.39. The molecule has 6 nitrogen and oxygen atoms in total. The highest BCUT2D eigenvalue weighted by Crippen LogP contribution is 2.31. The quantitative estimate of drug-likeness (QED) is 0.207. The Kier molecular flexibility index (Phi) is 8.30. The number of hydrogen-bond donors (Lipinski definition) is 3. The molecule has 178 valence electrons. The van der Waals surface area contributed by atoms with Crippen molar-refractivity contribution in [1.82, 2.24) is 4.98 Å². The molecule has 1 atom stereocenters. The van der Waals surface area contributed by atoms with Gasteiger partial charge in [-0.05, 0) is 55.5 Å². The van der Waals surface area contributed by atoms with Gasteiger partial charge in [-0.1, -0.05) is 47.5 Å². The summed E-state index contributed by atoms with van der Waals surface area (Å²) in [6.45, 7) is 1.83. The highest BCUT2D eigenvalue weighted by Gasteiger charge is 2.17. The summed E-state index contributed by atoms with van der Waals surface area (Å²) in [5, 5.41) is 11.3. The SMILES string of the molecule is CC(Sc1ccc(NC(=O)Nc2ccccc2)cc1)C(=O)Nc1nc(-c2ccc(Cl)c(Cl)c2)cs1. The van der Waals surface area contributed by atoms with Gasteiger partial charge in [0.1, 0.15) is 0 Å². The summed E-state index contributed by atoms with van der Waals surface area (Å²) in [6.07, 6.45) is 0. The summed E-state index contributed by atoms with van der Waals surface area (Å²) in [5.74, 6) is -0.158. The van der Waals surface area contributed by atoms with Crippen LogP contribution in [0.1, 0.15) is 6.92 Å². The van der Waals surface area contributed by atoms with E-state index in [2.05, 4.69) is 20.9 Å². The number of urea groups is 1. The number of nitrogens with one attached hydrogen (secondary N) is 3. The van der Waals surface area contributed by atoms with E-state index in [0.717, 1.165) is 10.5 Å². The number of hydrogen-bond acceptors (Lipinski definition) is 5. The lowest BCUT2D eigenvalue weighted by Crippen LogP contribution is -2.22. The number of carbonyl (C=O) groups excluding carboxylic acids is 2. The van der Waals surface area contributed by atoms with Crippen molar-refractivity contribution in [3.63, 3.8) is 0 Å². The monoisotopic (exact) mass is 542 g/mol. The van der Waals surface area contributed by atoms with E-state index in [1.165, 1.54) is 23.1 Å². The van der Waals surface area contributed by atoms with Crippen LogP contribution in [0.4, 0.5) is 21.3 Å². The molecule has 0 radical (unpaired) electrons. The average molecular weight is 544 g/mol. The Morgan fingerprint density at radius 2 is 1.57 bits per heavy atom. The van der Waals surface area contributed by atoms with Gasteiger partial charge in [-0.3, -0.25) is 4.79 Å². The van der Waals surface area contributed by atoms with Crippen LogP contribution >= 0.6 is 46.3 Å². The van der Waals surface area contributed by atoms with Crippen LogP contribution in [0.3, 0.4) is 0 Å². The number of thioether (sulfide) groups is 1. The molecule has 1 aromatic heterocycles. The van der Waals surface area contributed by atoms with Crippen LogP contribution in [0.25, 0.3) is 11.3 Å². The van der Waals surface area contributed by atoms with E-state index in [9.17, 15) is 9.59 Å². The van der Waals surface area contributed by atoms with Crippen molar-refractivity contribution in [2.45, 2.75) is 17.1 Å². The number of aromatic nitrogens is 1. The van der Waals surface area contributed by atoms with Crippen molar-refractivity contribution >= 4 is 74.7 Å². The van der Waals surface area contributed by atoms with Crippen LogP contribution < -0.4 is 16.0 Å². The Labute approximate surface area is 221 Å². The lowest BCUT2D eigenvalue weighted by molar-refractivity contribution is -0.115. The summed E-state index contributed by atoms with van der Waals surface area (Å²) in [4.78, 5) is 30.2. The average Bonchev–Trinajstić information content (AvgIpc) is 3.31. The van der Waals surface area contributed by atoms with Crippen molar-refractivity contribution in [3.05, 3.63) is 88.2 Å². The number of nitrogens with zero attached hydrogens (tertiary/aromatic N) is 1. The number of amides is 3.